The van der Waals surface area contributed by atoms with Gasteiger partial charge in [-0.15, -0.1) is 0 Å². The standard InChI is InChI=1S/C31H46ClNO8Si/c1-30(2,3)41-27(34)11-10-14-38-24-19-22(18-23(20-24)37-7)33-28(29(35)36)25-13-12-21(32)17-26(25)39-15-16-40-42(8,9)31(4,5)6/h12-13,17-20,28,33H,10-11,14-16H2,1-9H3,(H,35,36). The first kappa shape index (κ1) is 35.2. The predicted molar refractivity (Wildman–Crippen MR) is 168 cm³/mol. The molecule has 0 radical (unpaired) electrons. The van der Waals surface area contributed by atoms with Crippen LogP contribution >= 0.6 is 11.6 Å². The first-order valence-electron chi connectivity index (χ1n) is 14.0. The zero-order valence-corrected chi connectivity index (χ0v) is 28.0. The van der Waals surface area contributed by atoms with Gasteiger partial charge in [0.2, 0.25) is 0 Å². The van der Waals surface area contributed by atoms with Crippen LogP contribution in [-0.4, -0.2) is 57.9 Å². The Bertz CT molecular complexity index is 1210. The number of hydrogen-bond donors (Lipinski definition) is 2. The van der Waals surface area contributed by atoms with Crippen molar-refractivity contribution in [3.63, 3.8) is 0 Å². The minimum Gasteiger partial charge on any atom is -0.497 e. The van der Waals surface area contributed by atoms with E-state index < -0.39 is 25.9 Å². The van der Waals surface area contributed by atoms with Crippen molar-refractivity contribution >= 4 is 37.5 Å². The Kier molecular flexibility index (Phi) is 12.6. The summed E-state index contributed by atoms with van der Waals surface area (Å²) >= 11 is 6.24. The van der Waals surface area contributed by atoms with Gasteiger partial charge in [0, 0.05) is 40.9 Å². The third kappa shape index (κ3) is 11.4. The molecule has 0 saturated heterocycles. The molecule has 2 aromatic carbocycles. The van der Waals surface area contributed by atoms with Crippen molar-refractivity contribution < 1.29 is 38.1 Å². The molecule has 11 heteroatoms. The van der Waals surface area contributed by atoms with Crippen LogP contribution < -0.4 is 19.5 Å². The highest BCUT2D eigenvalue weighted by Crippen LogP contribution is 2.37. The number of rotatable bonds is 15. The molecule has 0 heterocycles. The maximum Gasteiger partial charge on any atom is 0.330 e. The van der Waals surface area contributed by atoms with Crippen LogP contribution in [0.2, 0.25) is 23.2 Å². The fourth-order valence-corrected chi connectivity index (χ4v) is 4.82. The second-order valence-corrected chi connectivity index (χ2v) is 17.7. The third-order valence-electron chi connectivity index (χ3n) is 6.78. The van der Waals surface area contributed by atoms with Gasteiger partial charge in [-0.25, -0.2) is 4.79 Å². The molecule has 0 fully saturated rings. The summed E-state index contributed by atoms with van der Waals surface area (Å²) in [5.74, 6) is -0.122. The van der Waals surface area contributed by atoms with Crippen molar-refractivity contribution in [2.75, 3.05) is 32.2 Å². The lowest BCUT2D eigenvalue weighted by Gasteiger charge is -2.36. The summed E-state index contributed by atoms with van der Waals surface area (Å²) in [6.45, 7) is 17.2. The van der Waals surface area contributed by atoms with E-state index in [4.69, 9.17) is 35.0 Å². The largest absolute Gasteiger partial charge is 0.497 e. The van der Waals surface area contributed by atoms with Crippen LogP contribution in [0, 0.1) is 0 Å². The van der Waals surface area contributed by atoms with E-state index in [1.54, 1.807) is 36.4 Å². The van der Waals surface area contributed by atoms with Gasteiger partial charge >= 0.3 is 11.9 Å². The van der Waals surface area contributed by atoms with Gasteiger partial charge in [0.15, 0.2) is 14.4 Å². The number of carbonyl (C=O) groups excluding carboxylic acids is 1. The lowest BCUT2D eigenvalue weighted by atomic mass is 10.0. The Hall–Kier alpha value is -2.95. The number of carboxylic acid groups (broad SMARTS) is 1. The smallest absolute Gasteiger partial charge is 0.330 e. The van der Waals surface area contributed by atoms with Gasteiger partial charge in [-0.05, 0) is 57.5 Å². The van der Waals surface area contributed by atoms with E-state index in [2.05, 4.69) is 39.2 Å². The van der Waals surface area contributed by atoms with Crippen LogP contribution in [0.25, 0.3) is 0 Å². The molecule has 0 aliphatic heterocycles. The molecule has 42 heavy (non-hydrogen) atoms. The monoisotopic (exact) mass is 623 g/mol. The van der Waals surface area contributed by atoms with Crippen molar-refractivity contribution in [2.24, 2.45) is 0 Å². The summed E-state index contributed by atoms with van der Waals surface area (Å²) in [7, 11) is -0.449. The second kappa shape index (κ2) is 15.0. The number of nitrogens with one attached hydrogen (secondary N) is 1. The summed E-state index contributed by atoms with van der Waals surface area (Å²) < 4.78 is 28.8. The van der Waals surface area contributed by atoms with Crippen LogP contribution in [0.3, 0.4) is 0 Å². The molecule has 0 amide bonds. The molecule has 234 valence electrons. The van der Waals surface area contributed by atoms with Crippen LogP contribution in [-0.2, 0) is 18.8 Å². The maximum atomic E-state index is 12.4. The number of methoxy groups -OCH3 is 1. The quantitative estimate of drug-likeness (QED) is 0.118. The minimum atomic E-state index is -1.96. The number of benzene rings is 2. The van der Waals surface area contributed by atoms with Gasteiger partial charge in [-0.3, -0.25) is 4.79 Å². The Morgan fingerprint density at radius 1 is 0.952 bits per heavy atom. The Balaban J connectivity index is 2.16. The van der Waals surface area contributed by atoms with Gasteiger partial charge in [-0.1, -0.05) is 38.4 Å². The van der Waals surface area contributed by atoms with Crippen LogP contribution in [0.5, 0.6) is 17.2 Å². The van der Waals surface area contributed by atoms with Crippen molar-refractivity contribution in [3.8, 4) is 17.2 Å². The highest BCUT2D eigenvalue weighted by molar-refractivity contribution is 6.74. The molecule has 1 unspecified atom stereocenters. The Labute approximate surface area is 255 Å². The van der Waals surface area contributed by atoms with Crippen molar-refractivity contribution in [1.82, 2.24) is 0 Å². The number of hydrogen-bond acceptors (Lipinski definition) is 8. The van der Waals surface area contributed by atoms with Crippen LogP contribution in [0.4, 0.5) is 5.69 Å². The highest BCUT2D eigenvalue weighted by atomic mass is 35.5. The van der Waals surface area contributed by atoms with Gasteiger partial charge in [0.1, 0.15) is 29.5 Å². The van der Waals surface area contributed by atoms with Crippen molar-refractivity contribution in [1.29, 1.82) is 0 Å². The van der Waals surface area contributed by atoms with Gasteiger partial charge in [0.25, 0.3) is 0 Å². The van der Waals surface area contributed by atoms with Gasteiger partial charge < -0.3 is 33.8 Å². The molecule has 2 aromatic rings. The molecule has 0 saturated carbocycles. The first-order valence-corrected chi connectivity index (χ1v) is 17.3. The number of carboxylic acids is 1. The fraction of sp³-hybridized carbons (Fsp3) is 0.548. The van der Waals surface area contributed by atoms with E-state index in [1.807, 2.05) is 20.8 Å². The molecule has 2 rings (SSSR count). The van der Waals surface area contributed by atoms with Crippen LogP contribution in [0.15, 0.2) is 36.4 Å². The summed E-state index contributed by atoms with van der Waals surface area (Å²) in [6.07, 6.45) is 0.672. The lowest BCUT2D eigenvalue weighted by molar-refractivity contribution is -0.155. The molecular weight excluding hydrogens is 578 g/mol. The number of ether oxygens (including phenoxy) is 4. The number of carbonyl (C=O) groups is 2. The molecule has 0 aliphatic carbocycles. The molecular formula is C31H46ClNO8Si. The van der Waals surface area contributed by atoms with Crippen molar-refractivity contribution in [2.45, 2.75) is 84.2 Å². The summed E-state index contributed by atoms with van der Waals surface area (Å²) in [6, 6.07) is 8.73. The Morgan fingerprint density at radius 3 is 2.21 bits per heavy atom. The highest BCUT2D eigenvalue weighted by Gasteiger charge is 2.37. The van der Waals surface area contributed by atoms with E-state index in [9.17, 15) is 14.7 Å². The van der Waals surface area contributed by atoms with E-state index in [0.29, 0.717) is 46.5 Å². The minimum absolute atomic E-state index is 0.0595. The summed E-state index contributed by atoms with van der Waals surface area (Å²) in [4.78, 5) is 24.4. The molecule has 0 aromatic heterocycles. The number of aliphatic carboxylic acids is 1. The third-order valence-corrected chi connectivity index (χ3v) is 11.6. The average molecular weight is 624 g/mol. The van der Waals surface area contributed by atoms with Crippen molar-refractivity contribution in [3.05, 3.63) is 47.0 Å². The Morgan fingerprint density at radius 2 is 1.62 bits per heavy atom. The number of esters is 1. The topological polar surface area (TPSA) is 113 Å². The predicted octanol–water partition coefficient (Wildman–Crippen LogP) is 7.49. The zero-order chi connectivity index (χ0) is 31.7. The summed E-state index contributed by atoms with van der Waals surface area (Å²) in [5.41, 5.74) is 0.326. The number of anilines is 1. The van der Waals surface area contributed by atoms with E-state index in [1.165, 1.54) is 7.11 Å². The molecule has 0 bridgehead atoms. The molecule has 0 spiro atoms. The average Bonchev–Trinajstić information content (AvgIpc) is 2.86. The van der Waals surface area contributed by atoms with Gasteiger partial charge in [0.05, 0.1) is 20.3 Å². The number of halogens is 1. The second-order valence-electron chi connectivity index (χ2n) is 12.5. The lowest BCUT2D eigenvalue weighted by Crippen LogP contribution is -2.41. The molecule has 1 atom stereocenters. The normalized spacial score (nSPS) is 12.8. The van der Waals surface area contributed by atoms with E-state index in [0.717, 1.165) is 0 Å². The summed E-state index contributed by atoms with van der Waals surface area (Å²) in [5, 5.41) is 13.7. The SMILES string of the molecule is COc1cc(NC(C(=O)O)c2ccc(Cl)cc2OCCO[Si](C)(C)C(C)(C)C)cc(OCCCC(=O)OC(C)(C)C)c1. The van der Waals surface area contributed by atoms with E-state index in [-0.39, 0.29) is 30.6 Å². The van der Waals surface area contributed by atoms with Gasteiger partial charge in [-0.2, -0.15) is 0 Å². The molecule has 2 N–H and O–H groups in total. The van der Waals surface area contributed by atoms with E-state index >= 15 is 0 Å². The molecule has 9 nitrogen and oxygen atoms in total. The molecule has 0 aliphatic rings. The zero-order valence-electron chi connectivity index (χ0n) is 26.3. The fourth-order valence-electron chi connectivity index (χ4n) is 3.63. The maximum absolute atomic E-state index is 12.4. The van der Waals surface area contributed by atoms with Crippen LogP contribution in [0.1, 0.15) is 66.0 Å². The first-order chi connectivity index (χ1) is 19.4.